The van der Waals surface area contributed by atoms with Crippen molar-refractivity contribution in [2.24, 2.45) is 0 Å². The zero-order chi connectivity index (χ0) is 16.1. The minimum Gasteiger partial charge on any atom is -0.465 e. The number of nitrogens with one attached hydrogen (secondary N) is 1. The highest BCUT2D eigenvalue weighted by molar-refractivity contribution is 5.90. The molecule has 23 heavy (non-hydrogen) atoms. The molecule has 1 aliphatic rings. The standard InChI is InChI=1S/C15H17N5O3/c1-22-14(21)11-3-2-4-12(9-11)17-13-10-16-19-15(18-13)20-5-7-23-8-6-20/h2-4,9-10H,5-8H2,1H3,(H,17,18,19). The Labute approximate surface area is 133 Å². The zero-order valence-corrected chi connectivity index (χ0v) is 12.7. The Morgan fingerprint density at radius 3 is 2.96 bits per heavy atom. The van der Waals surface area contributed by atoms with E-state index in [2.05, 4.69) is 20.5 Å². The minimum atomic E-state index is -0.386. The van der Waals surface area contributed by atoms with Crippen LogP contribution in [0.25, 0.3) is 0 Å². The number of hydrogen-bond donors (Lipinski definition) is 1. The van der Waals surface area contributed by atoms with Crippen molar-refractivity contribution in [3.63, 3.8) is 0 Å². The highest BCUT2D eigenvalue weighted by Crippen LogP contribution is 2.18. The van der Waals surface area contributed by atoms with Gasteiger partial charge in [0.1, 0.15) is 0 Å². The second kappa shape index (κ2) is 7.01. The number of anilines is 3. The molecule has 1 saturated heterocycles. The van der Waals surface area contributed by atoms with Crippen molar-refractivity contribution in [3.8, 4) is 0 Å². The van der Waals surface area contributed by atoms with Crippen LogP contribution < -0.4 is 10.2 Å². The molecule has 8 nitrogen and oxygen atoms in total. The molecule has 0 amide bonds. The first kappa shape index (κ1) is 15.2. The summed E-state index contributed by atoms with van der Waals surface area (Å²) in [4.78, 5) is 18.0. The molecule has 8 heteroatoms. The molecule has 0 aliphatic carbocycles. The van der Waals surface area contributed by atoms with Gasteiger partial charge in [-0.1, -0.05) is 6.07 Å². The summed E-state index contributed by atoms with van der Waals surface area (Å²) in [6.07, 6.45) is 1.54. The molecule has 0 saturated carbocycles. The number of ether oxygens (including phenoxy) is 2. The summed E-state index contributed by atoms with van der Waals surface area (Å²) < 4.78 is 10.0. The van der Waals surface area contributed by atoms with Gasteiger partial charge in [0.2, 0.25) is 5.95 Å². The number of carbonyl (C=O) groups excluding carboxylic acids is 1. The quantitative estimate of drug-likeness (QED) is 0.843. The van der Waals surface area contributed by atoms with Crippen LogP contribution in [0.3, 0.4) is 0 Å². The molecule has 1 aromatic carbocycles. The second-order valence-corrected chi connectivity index (χ2v) is 4.94. The van der Waals surface area contributed by atoms with Crippen molar-refractivity contribution in [1.29, 1.82) is 0 Å². The van der Waals surface area contributed by atoms with Gasteiger partial charge in [0, 0.05) is 18.8 Å². The maximum Gasteiger partial charge on any atom is 0.337 e. The maximum absolute atomic E-state index is 11.6. The van der Waals surface area contributed by atoms with Gasteiger partial charge >= 0.3 is 5.97 Å². The monoisotopic (exact) mass is 315 g/mol. The molecule has 0 unspecified atom stereocenters. The Hall–Kier alpha value is -2.74. The first-order chi connectivity index (χ1) is 11.3. The molecule has 120 valence electrons. The third-order valence-corrected chi connectivity index (χ3v) is 3.40. The Morgan fingerprint density at radius 2 is 2.17 bits per heavy atom. The van der Waals surface area contributed by atoms with E-state index in [0.29, 0.717) is 30.5 Å². The first-order valence-electron chi connectivity index (χ1n) is 7.24. The van der Waals surface area contributed by atoms with Gasteiger partial charge in [-0.2, -0.15) is 10.1 Å². The Balaban J connectivity index is 1.76. The predicted molar refractivity (Wildman–Crippen MR) is 83.9 cm³/mol. The van der Waals surface area contributed by atoms with Gasteiger partial charge < -0.3 is 19.7 Å². The van der Waals surface area contributed by atoms with Crippen LogP contribution in [0.1, 0.15) is 10.4 Å². The van der Waals surface area contributed by atoms with Crippen LogP contribution in [0.5, 0.6) is 0 Å². The lowest BCUT2D eigenvalue weighted by Gasteiger charge is -2.26. The molecule has 1 aromatic heterocycles. The Morgan fingerprint density at radius 1 is 1.35 bits per heavy atom. The fourth-order valence-corrected chi connectivity index (χ4v) is 2.24. The van der Waals surface area contributed by atoms with Gasteiger partial charge in [0.05, 0.1) is 32.1 Å². The van der Waals surface area contributed by atoms with Gasteiger partial charge in [-0.25, -0.2) is 4.79 Å². The van der Waals surface area contributed by atoms with E-state index in [9.17, 15) is 4.79 Å². The fourth-order valence-electron chi connectivity index (χ4n) is 2.24. The minimum absolute atomic E-state index is 0.386. The summed E-state index contributed by atoms with van der Waals surface area (Å²) in [5, 5.41) is 11.2. The number of carbonyl (C=O) groups is 1. The van der Waals surface area contributed by atoms with Crippen molar-refractivity contribution in [2.45, 2.75) is 0 Å². The molecule has 0 spiro atoms. The smallest absolute Gasteiger partial charge is 0.337 e. The van der Waals surface area contributed by atoms with Gasteiger partial charge in [-0.3, -0.25) is 0 Å². The lowest BCUT2D eigenvalue weighted by atomic mass is 10.2. The SMILES string of the molecule is COC(=O)c1cccc(Nc2cnnc(N3CCOCC3)n2)c1. The number of aromatic nitrogens is 3. The maximum atomic E-state index is 11.6. The van der Waals surface area contributed by atoms with Gasteiger partial charge in [0.25, 0.3) is 0 Å². The van der Waals surface area contributed by atoms with Crippen molar-refractivity contribution < 1.29 is 14.3 Å². The van der Waals surface area contributed by atoms with E-state index in [1.54, 1.807) is 18.2 Å². The van der Waals surface area contributed by atoms with Crippen molar-refractivity contribution in [2.75, 3.05) is 43.6 Å². The number of esters is 1. The first-order valence-corrected chi connectivity index (χ1v) is 7.24. The molecule has 1 N–H and O–H groups in total. The molecule has 1 fully saturated rings. The van der Waals surface area contributed by atoms with Crippen LogP contribution in [0.15, 0.2) is 30.5 Å². The van der Waals surface area contributed by atoms with Crippen LogP contribution in [-0.4, -0.2) is 54.6 Å². The van der Waals surface area contributed by atoms with E-state index in [4.69, 9.17) is 9.47 Å². The Kier molecular flexibility index (Phi) is 4.62. The number of hydrogen-bond acceptors (Lipinski definition) is 8. The third-order valence-electron chi connectivity index (χ3n) is 3.40. The summed E-state index contributed by atoms with van der Waals surface area (Å²) in [6, 6.07) is 6.99. The summed E-state index contributed by atoms with van der Waals surface area (Å²) in [5.41, 5.74) is 1.19. The highest BCUT2D eigenvalue weighted by atomic mass is 16.5. The van der Waals surface area contributed by atoms with E-state index in [1.807, 2.05) is 11.0 Å². The topological polar surface area (TPSA) is 89.5 Å². The van der Waals surface area contributed by atoms with Gasteiger partial charge in [0.15, 0.2) is 5.82 Å². The lowest BCUT2D eigenvalue weighted by molar-refractivity contribution is 0.0601. The average molecular weight is 315 g/mol. The largest absolute Gasteiger partial charge is 0.465 e. The second-order valence-electron chi connectivity index (χ2n) is 4.94. The molecule has 0 atom stereocenters. The predicted octanol–water partition coefficient (Wildman–Crippen LogP) is 1.24. The summed E-state index contributed by atoms with van der Waals surface area (Å²) >= 11 is 0. The molecule has 2 heterocycles. The van der Waals surface area contributed by atoms with Gasteiger partial charge in [-0.15, -0.1) is 5.10 Å². The Bertz CT molecular complexity index is 688. The molecule has 3 rings (SSSR count). The average Bonchev–Trinajstić information content (AvgIpc) is 2.62. The van der Waals surface area contributed by atoms with E-state index in [1.165, 1.54) is 13.3 Å². The molecule has 0 radical (unpaired) electrons. The lowest BCUT2D eigenvalue weighted by Crippen LogP contribution is -2.37. The normalized spacial score (nSPS) is 14.4. The highest BCUT2D eigenvalue weighted by Gasteiger charge is 2.15. The van der Waals surface area contributed by atoms with E-state index >= 15 is 0 Å². The van der Waals surface area contributed by atoms with E-state index in [-0.39, 0.29) is 5.97 Å². The fraction of sp³-hybridized carbons (Fsp3) is 0.333. The number of morpholine rings is 1. The molecular weight excluding hydrogens is 298 g/mol. The summed E-state index contributed by atoms with van der Waals surface area (Å²) in [5.74, 6) is 0.731. The van der Waals surface area contributed by atoms with Gasteiger partial charge in [-0.05, 0) is 18.2 Å². The number of rotatable bonds is 4. The van der Waals surface area contributed by atoms with Crippen LogP contribution in [0.2, 0.25) is 0 Å². The van der Waals surface area contributed by atoms with E-state index in [0.717, 1.165) is 18.8 Å². The molecule has 2 aromatic rings. The van der Waals surface area contributed by atoms with Crippen LogP contribution in [-0.2, 0) is 9.47 Å². The van der Waals surface area contributed by atoms with Crippen LogP contribution in [0, 0.1) is 0 Å². The molecule has 1 aliphatic heterocycles. The van der Waals surface area contributed by atoms with Crippen LogP contribution in [0.4, 0.5) is 17.5 Å². The molecule has 0 bridgehead atoms. The number of nitrogens with zero attached hydrogens (tertiary/aromatic N) is 4. The molecular formula is C15H17N5O3. The van der Waals surface area contributed by atoms with Crippen LogP contribution >= 0.6 is 0 Å². The van der Waals surface area contributed by atoms with Crippen molar-refractivity contribution in [1.82, 2.24) is 15.2 Å². The summed E-state index contributed by atoms with van der Waals surface area (Å²) in [6.45, 7) is 2.79. The van der Waals surface area contributed by atoms with E-state index < -0.39 is 0 Å². The third kappa shape index (κ3) is 3.72. The zero-order valence-electron chi connectivity index (χ0n) is 12.7. The van der Waals surface area contributed by atoms with Crippen molar-refractivity contribution in [3.05, 3.63) is 36.0 Å². The van der Waals surface area contributed by atoms with Crippen molar-refractivity contribution >= 4 is 23.4 Å². The number of benzene rings is 1. The number of methoxy groups -OCH3 is 1. The summed E-state index contributed by atoms with van der Waals surface area (Å²) in [7, 11) is 1.35.